The normalized spacial score (nSPS) is 18.1. The molecule has 0 radical (unpaired) electrons. The van der Waals surface area contributed by atoms with Crippen molar-refractivity contribution in [3.05, 3.63) is 59.1 Å². The highest BCUT2D eigenvalue weighted by atomic mass is 19.1. The smallest absolute Gasteiger partial charge is 0.338 e. The van der Waals surface area contributed by atoms with Crippen LogP contribution >= 0.6 is 0 Å². The lowest BCUT2D eigenvalue weighted by Crippen LogP contribution is -2.45. The lowest BCUT2D eigenvalue weighted by atomic mass is 9.95. The molecule has 0 spiro atoms. The number of halogens is 1. The summed E-state index contributed by atoms with van der Waals surface area (Å²) in [7, 11) is 0. The second-order valence-corrected chi connectivity index (χ2v) is 4.76. The van der Waals surface area contributed by atoms with E-state index in [1.807, 2.05) is 6.92 Å². The Morgan fingerprint density at radius 3 is 2.82 bits per heavy atom. The van der Waals surface area contributed by atoms with Gasteiger partial charge in [0.1, 0.15) is 12.4 Å². The number of urea groups is 1. The highest BCUT2D eigenvalue weighted by molar-refractivity contribution is 5.95. The molecule has 0 aromatic heterocycles. The van der Waals surface area contributed by atoms with Crippen LogP contribution in [-0.4, -0.2) is 18.6 Å². The maximum absolute atomic E-state index is 14.0. The molecule has 2 rings (SSSR count). The maximum Gasteiger partial charge on any atom is 0.338 e. The summed E-state index contributed by atoms with van der Waals surface area (Å²) in [5, 5.41) is 5.07. The molecule has 1 aromatic rings. The number of ether oxygens (including phenoxy) is 1. The molecule has 2 N–H and O–H groups in total. The summed E-state index contributed by atoms with van der Waals surface area (Å²) < 4.78 is 19.1. The van der Waals surface area contributed by atoms with E-state index < -0.39 is 23.9 Å². The minimum absolute atomic E-state index is 0.115. The van der Waals surface area contributed by atoms with Crippen molar-refractivity contribution in [3.63, 3.8) is 0 Å². The summed E-state index contributed by atoms with van der Waals surface area (Å²) in [6, 6.07) is 4.62. The van der Waals surface area contributed by atoms with Gasteiger partial charge in [0, 0.05) is 11.3 Å². The van der Waals surface area contributed by atoms with Crippen LogP contribution in [0.5, 0.6) is 0 Å². The Labute approximate surface area is 127 Å². The van der Waals surface area contributed by atoms with Gasteiger partial charge in [0.05, 0.1) is 11.6 Å². The Morgan fingerprint density at radius 1 is 1.41 bits per heavy atom. The predicted molar refractivity (Wildman–Crippen MR) is 79.3 cm³/mol. The second-order valence-electron chi connectivity index (χ2n) is 4.76. The number of amides is 2. The Hall–Kier alpha value is -2.63. The van der Waals surface area contributed by atoms with Gasteiger partial charge in [-0.25, -0.2) is 14.0 Å². The summed E-state index contributed by atoms with van der Waals surface area (Å²) in [6.45, 7) is 3.51. The van der Waals surface area contributed by atoms with E-state index >= 15 is 0 Å². The molecule has 0 fully saturated rings. The summed E-state index contributed by atoms with van der Waals surface area (Å²) in [5.41, 5.74) is 0.756. The van der Waals surface area contributed by atoms with Gasteiger partial charge in [-0.15, -0.1) is 0 Å². The first-order chi connectivity index (χ1) is 10.5. The van der Waals surface area contributed by atoms with Crippen molar-refractivity contribution in [1.82, 2.24) is 10.6 Å². The Balaban J connectivity index is 2.37. The van der Waals surface area contributed by atoms with Gasteiger partial charge >= 0.3 is 12.0 Å². The SMILES string of the molecule is C/C=C\COC(=O)C1=C(C)NC(=O)N[C@H]1c1ccccc1F. The van der Waals surface area contributed by atoms with Crippen LogP contribution < -0.4 is 10.6 Å². The average molecular weight is 304 g/mol. The molecule has 0 unspecified atom stereocenters. The Morgan fingerprint density at radius 2 is 2.14 bits per heavy atom. The fourth-order valence-corrected chi connectivity index (χ4v) is 2.20. The highest BCUT2D eigenvalue weighted by Gasteiger charge is 2.33. The third-order valence-electron chi connectivity index (χ3n) is 3.25. The molecular weight excluding hydrogens is 287 g/mol. The first kappa shape index (κ1) is 15.8. The molecular formula is C16H17FN2O3. The number of hydrogen-bond acceptors (Lipinski definition) is 3. The first-order valence-corrected chi connectivity index (χ1v) is 6.85. The van der Waals surface area contributed by atoms with Crippen LogP contribution in [0.15, 0.2) is 47.7 Å². The number of nitrogens with one attached hydrogen (secondary N) is 2. The molecule has 1 aromatic carbocycles. The number of esters is 1. The van der Waals surface area contributed by atoms with Crippen LogP contribution in [0.25, 0.3) is 0 Å². The maximum atomic E-state index is 14.0. The zero-order chi connectivity index (χ0) is 16.1. The molecule has 0 saturated heterocycles. The summed E-state index contributed by atoms with van der Waals surface area (Å²) in [5.74, 6) is -1.10. The fraction of sp³-hybridized carbons (Fsp3) is 0.250. The largest absolute Gasteiger partial charge is 0.458 e. The third kappa shape index (κ3) is 3.33. The highest BCUT2D eigenvalue weighted by Crippen LogP contribution is 2.29. The van der Waals surface area contributed by atoms with Crippen LogP contribution in [0.3, 0.4) is 0 Å². The van der Waals surface area contributed by atoms with Crippen molar-refractivity contribution >= 4 is 12.0 Å². The lowest BCUT2D eigenvalue weighted by molar-refractivity contribution is -0.138. The number of rotatable bonds is 4. The summed E-state index contributed by atoms with van der Waals surface area (Å²) in [4.78, 5) is 23.9. The minimum Gasteiger partial charge on any atom is -0.458 e. The minimum atomic E-state index is -0.881. The van der Waals surface area contributed by atoms with E-state index in [2.05, 4.69) is 10.6 Å². The van der Waals surface area contributed by atoms with Gasteiger partial charge in [-0.1, -0.05) is 30.4 Å². The molecule has 1 atom stereocenters. The van der Waals surface area contributed by atoms with Gasteiger partial charge in [0.25, 0.3) is 0 Å². The zero-order valence-corrected chi connectivity index (χ0v) is 12.4. The lowest BCUT2D eigenvalue weighted by Gasteiger charge is -2.28. The fourth-order valence-electron chi connectivity index (χ4n) is 2.20. The quantitative estimate of drug-likeness (QED) is 0.663. The van der Waals surface area contributed by atoms with E-state index in [-0.39, 0.29) is 17.7 Å². The third-order valence-corrected chi connectivity index (χ3v) is 3.25. The molecule has 1 heterocycles. The number of hydrogen-bond donors (Lipinski definition) is 2. The Bertz CT molecular complexity index is 653. The van der Waals surface area contributed by atoms with Gasteiger partial charge in [0.15, 0.2) is 0 Å². The monoisotopic (exact) mass is 304 g/mol. The van der Waals surface area contributed by atoms with Crippen molar-refractivity contribution in [2.75, 3.05) is 6.61 Å². The van der Waals surface area contributed by atoms with Crippen molar-refractivity contribution in [2.45, 2.75) is 19.9 Å². The van der Waals surface area contributed by atoms with Crippen LogP contribution in [0.4, 0.5) is 9.18 Å². The van der Waals surface area contributed by atoms with E-state index in [9.17, 15) is 14.0 Å². The van der Waals surface area contributed by atoms with E-state index in [1.54, 1.807) is 31.2 Å². The molecule has 1 aliphatic heterocycles. The molecule has 0 aliphatic carbocycles. The molecule has 6 heteroatoms. The number of carbonyl (C=O) groups excluding carboxylic acids is 2. The first-order valence-electron chi connectivity index (χ1n) is 6.85. The van der Waals surface area contributed by atoms with Gasteiger partial charge in [-0.05, 0) is 19.9 Å². The molecule has 116 valence electrons. The molecule has 0 saturated carbocycles. The van der Waals surface area contributed by atoms with E-state index in [4.69, 9.17) is 4.74 Å². The van der Waals surface area contributed by atoms with E-state index in [1.165, 1.54) is 12.1 Å². The van der Waals surface area contributed by atoms with Gasteiger partial charge < -0.3 is 15.4 Å². The van der Waals surface area contributed by atoms with E-state index in [0.29, 0.717) is 5.70 Å². The van der Waals surface area contributed by atoms with Crippen LogP contribution in [0.2, 0.25) is 0 Å². The molecule has 0 bridgehead atoms. The topological polar surface area (TPSA) is 67.4 Å². The van der Waals surface area contributed by atoms with Gasteiger partial charge in [0.2, 0.25) is 0 Å². The number of allylic oxidation sites excluding steroid dienone is 2. The van der Waals surface area contributed by atoms with Crippen LogP contribution in [-0.2, 0) is 9.53 Å². The van der Waals surface area contributed by atoms with Crippen molar-refractivity contribution in [3.8, 4) is 0 Å². The van der Waals surface area contributed by atoms with E-state index in [0.717, 1.165) is 0 Å². The van der Waals surface area contributed by atoms with Gasteiger partial charge in [-0.3, -0.25) is 0 Å². The van der Waals surface area contributed by atoms with Crippen molar-refractivity contribution < 1.29 is 18.7 Å². The second kappa shape index (κ2) is 6.89. The molecule has 1 aliphatic rings. The van der Waals surface area contributed by atoms with Crippen molar-refractivity contribution in [2.24, 2.45) is 0 Å². The summed E-state index contributed by atoms with van der Waals surface area (Å²) >= 11 is 0. The molecule has 22 heavy (non-hydrogen) atoms. The van der Waals surface area contributed by atoms with Crippen LogP contribution in [0.1, 0.15) is 25.5 Å². The molecule has 2 amide bonds. The van der Waals surface area contributed by atoms with Crippen molar-refractivity contribution in [1.29, 1.82) is 0 Å². The standard InChI is InChI=1S/C16H17FN2O3/c1-3-4-9-22-15(20)13-10(2)18-16(21)19-14(13)11-7-5-6-8-12(11)17/h3-8,14H,9H2,1-2H3,(H2,18,19,21)/b4-3-/t14-/m0/s1. The average Bonchev–Trinajstić information content (AvgIpc) is 2.47. The number of carbonyl (C=O) groups is 2. The van der Waals surface area contributed by atoms with Gasteiger partial charge in [-0.2, -0.15) is 0 Å². The van der Waals surface area contributed by atoms with Crippen LogP contribution in [0, 0.1) is 5.82 Å². The number of benzene rings is 1. The summed E-state index contributed by atoms with van der Waals surface area (Å²) in [6.07, 6.45) is 3.44. The predicted octanol–water partition coefficient (Wildman–Crippen LogP) is 2.57. The Kier molecular flexibility index (Phi) is 4.93. The zero-order valence-electron chi connectivity index (χ0n) is 12.4. The molecule has 5 nitrogen and oxygen atoms in total.